The van der Waals surface area contributed by atoms with Crippen LogP contribution in [0.2, 0.25) is 0 Å². The van der Waals surface area contributed by atoms with Crippen LogP contribution in [0.3, 0.4) is 0 Å². The Morgan fingerprint density at radius 2 is 2.27 bits per heavy atom. The summed E-state index contributed by atoms with van der Waals surface area (Å²) in [6.45, 7) is 2.04. The van der Waals surface area contributed by atoms with Crippen molar-refractivity contribution in [1.82, 2.24) is 0 Å². The molecule has 0 amide bonds. The summed E-state index contributed by atoms with van der Waals surface area (Å²) >= 11 is 4.20. The predicted octanol–water partition coefficient (Wildman–Crippen LogP) is 0.887. The van der Waals surface area contributed by atoms with Crippen LogP contribution in [0.1, 0.15) is 26.2 Å². The van der Waals surface area contributed by atoms with E-state index in [9.17, 15) is 4.79 Å². The molecular formula is C7H15NO2S. The zero-order chi connectivity index (χ0) is 8.85. The summed E-state index contributed by atoms with van der Waals surface area (Å²) in [4.78, 5) is 10.3. The molecule has 0 aromatic rings. The van der Waals surface area contributed by atoms with Crippen LogP contribution >= 0.6 is 12.6 Å². The summed E-state index contributed by atoms with van der Waals surface area (Å²) in [5, 5.41) is 8.56. The van der Waals surface area contributed by atoms with E-state index in [-0.39, 0.29) is 5.25 Å². The van der Waals surface area contributed by atoms with E-state index in [0.717, 1.165) is 12.8 Å². The highest BCUT2D eigenvalue weighted by Crippen LogP contribution is 2.10. The summed E-state index contributed by atoms with van der Waals surface area (Å²) in [5.41, 5.74) is 5.30. The largest absolute Gasteiger partial charge is 0.480 e. The van der Waals surface area contributed by atoms with Crippen molar-refractivity contribution in [2.24, 2.45) is 5.73 Å². The fourth-order valence-corrected chi connectivity index (χ4v) is 1.33. The average molecular weight is 177 g/mol. The molecular weight excluding hydrogens is 162 g/mol. The lowest BCUT2D eigenvalue weighted by molar-refractivity contribution is -0.138. The molecule has 0 aromatic carbocycles. The number of aliphatic carboxylic acids is 1. The van der Waals surface area contributed by atoms with Crippen LogP contribution in [0.25, 0.3) is 0 Å². The fraction of sp³-hybridized carbons (Fsp3) is 0.857. The third-order valence-corrected chi connectivity index (χ3v) is 1.93. The Kier molecular flexibility index (Phi) is 5.32. The second-order valence-corrected chi connectivity index (χ2v) is 3.35. The molecule has 0 bridgehead atoms. The minimum atomic E-state index is -0.944. The van der Waals surface area contributed by atoms with Crippen molar-refractivity contribution in [2.75, 3.05) is 0 Å². The third kappa shape index (κ3) is 5.09. The Labute approximate surface area is 72.4 Å². The number of carboxylic acids is 1. The van der Waals surface area contributed by atoms with Gasteiger partial charge in [-0.2, -0.15) is 12.6 Å². The van der Waals surface area contributed by atoms with Crippen LogP contribution in [0.4, 0.5) is 0 Å². The first-order valence-electron chi connectivity index (χ1n) is 3.74. The van der Waals surface area contributed by atoms with Crippen molar-refractivity contribution in [2.45, 2.75) is 37.5 Å². The Morgan fingerprint density at radius 3 is 2.64 bits per heavy atom. The highest BCUT2D eigenvalue weighted by atomic mass is 32.1. The minimum absolute atomic E-state index is 0.117. The zero-order valence-corrected chi connectivity index (χ0v) is 7.55. The predicted molar refractivity (Wildman–Crippen MR) is 47.9 cm³/mol. The van der Waals surface area contributed by atoms with E-state index in [0.29, 0.717) is 6.42 Å². The van der Waals surface area contributed by atoms with Gasteiger partial charge in [-0.15, -0.1) is 0 Å². The van der Waals surface area contributed by atoms with Gasteiger partial charge in [0.05, 0.1) is 0 Å². The number of carbonyl (C=O) groups is 1. The van der Waals surface area contributed by atoms with Gasteiger partial charge < -0.3 is 10.8 Å². The second-order valence-electron chi connectivity index (χ2n) is 2.62. The van der Waals surface area contributed by atoms with Crippen LogP contribution in [0.5, 0.6) is 0 Å². The topological polar surface area (TPSA) is 63.3 Å². The van der Waals surface area contributed by atoms with E-state index >= 15 is 0 Å². The lowest BCUT2D eigenvalue weighted by Gasteiger charge is -2.11. The Bertz CT molecular complexity index is 130. The highest BCUT2D eigenvalue weighted by Gasteiger charge is 2.14. The number of rotatable bonds is 5. The van der Waals surface area contributed by atoms with Crippen LogP contribution in [-0.4, -0.2) is 22.4 Å². The van der Waals surface area contributed by atoms with Crippen LogP contribution in [-0.2, 0) is 4.79 Å². The van der Waals surface area contributed by atoms with E-state index in [1.807, 2.05) is 6.92 Å². The number of hydrogen-bond acceptors (Lipinski definition) is 3. The molecule has 0 aliphatic carbocycles. The summed E-state index contributed by atoms with van der Waals surface area (Å²) in [7, 11) is 0. The maximum Gasteiger partial charge on any atom is 0.320 e. The smallest absolute Gasteiger partial charge is 0.320 e. The molecule has 0 aliphatic heterocycles. The number of hydrogen-bond donors (Lipinski definition) is 3. The van der Waals surface area contributed by atoms with Gasteiger partial charge >= 0.3 is 5.97 Å². The Hall–Kier alpha value is -0.220. The van der Waals surface area contributed by atoms with Crippen molar-refractivity contribution in [3.8, 4) is 0 Å². The molecule has 0 saturated carbocycles. The first kappa shape index (κ1) is 10.8. The fourth-order valence-electron chi connectivity index (χ4n) is 0.845. The average Bonchev–Trinajstić information content (AvgIpc) is 1.87. The van der Waals surface area contributed by atoms with Crippen molar-refractivity contribution in [1.29, 1.82) is 0 Å². The molecule has 3 N–H and O–H groups in total. The Morgan fingerprint density at radius 1 is 1.73 bits per heavy atom. The van der Waals surface area contributed by atoms with E-state index < -0.39 is 12.0 Å². The molecule has 11 heavy (non-hydrogen) atoms. The Balaban J connectivity index is 3.56. The maximum absolute atomic E-state index is 10.3. The lowest BCUT2D eigenvalue weighted by atomic mass is 10.1. The molecule has 0 spiro atoms. The molecule has 3 nitrogen and oxygen atoms in total. The highest BCUT2D eigenvalue weighted by molar-refractivity contribution is 7.80. The molecule has 0 heterocycles. The number of thiol groups is 1. The third-order valence-electron chi connectivity index (χ3n) is 1.47. The monoisotopic (exact) mass is 177 g/mol. The first-order valence-corrected chi connectivity index (χ1v) is 4.26. The molecule has 4 heteroatoms. The summed E-state index contributed by atoms with van der Waals surface area (Å²) in [6, 6.07) is -0.760. The standard InChI is InChI=1S/C7H15NO2S/c1-2-3-5(11)4-6(8)7(9)10/h5-6,11H,2-4,8H2,1H3,(H,9,10). The molecule has 2 atom stereocenters. The second kappa shape index (κ2) is 5.43. The summed E-state index contributed by atoms with van der Waals surface area (Å²) in [5.74, 6) is -0.944. The molecule has 0 aliphatic rings. The van der Waals surface area contributed by atoms with Crippen molar-refractivity contribution < 1.29 is 9.90 Å². The lowest BCUT2D eigenvalue weighted by Crippen LogP contribution is -2.32. The molecule has 0 radical (unpaired) electrons. The van der Waals surface area contributed by atoms with Gasteiger partial charge in [-0.05, 0) is 12.8 Å². The summed E-state index contributed by atoms with van der Waals surface area (Å²) in [6.07, 6.45) is 2.39. The number of carboxylic acid groups (broad SMARTS) is 1. The van der Waals surface area contributed by atoms with Gasteiger partial charge in [0.1, 0.15) is 6.04 Å². The van der Waals surface area contributed by atoms with Crippen LogP contribution < -0.4 is 5.73 Å². The molecule has 0 rings (SSSR count). The van der Waals surface area contributed by atoms with E-state index in [4.69, 9.17) is 10.8 Å². The normalized spacial score (nSPS) is 15.9. The molecule has 0 saturated heterocycles. The molecule has 2 unspecified atom stereocenters. The van der Waals surface area contributed by atoms with Crippen LogP contribution in [0.15, 0.2) is 0 Å². The van der Waals surface area contributed by atoms with Gasteiger partial charge in [0.15, 0.2) is 0 Å². The van der Waals surface area contributed by atoms with Crippen molar-refractivity contribution >= 4 is 18.6 Å². The van der Waals surface area contributed by atoms with E-state index in [2.05, 4.69) is 12.6 Å². The van der Waals surface area contributed by atoms with Crippen molar-refractivity contribution in [3.05, 3.63) is 0 Å². The molecule has 0 aromatic heterocycles. The van der Waals surface area contributed by atoms with Gasteiger partial charge in [0.2, 0.25) is 0 Å². The van der Waals surface area contributed by atoms with Gasteiger partial charge in [0, 0.05) is 5.25 Å². The van der Waals surface area contributed by atoms with Gasteiger partial charge in [-0.1, -0.05) is 13.3 Å². The SMILES string of the molecule is CCCC(S)CC(N)C(=O)O. The van der Waals surface area contributed by atoms with E-state index in [1.54, 1.807) is 0 Å². The van der Waals surface area contributed by atoms with Crippen LogP contribution in [0, 0.1) is 0 Å². The number of nitrogens with two attached hydrogens (primary N) is 1. The molecule has 66 valence electrons. The first-order chi connectivity index (χ1) is 5.07. The van der Waals surface area contributed by atoms with Gasteiger partial charge in [0.25, 0.3) is 0 Å². The maximum atomic E-state index is 10.3. The quantitative estimate of drug-likeness (QED) is 0.546. The minimum Gasteiger partial charge on any atom is -0.480 e. The van der Waals surface area contributed by atoms with Gasteiger partial charge in [-0.25, -0.2) is 0 Å². The zero-order valence-electron chi connectivity index (χ0n) is 6.66. The van der Waals surface area contributed by atoms with Crippen molar-refractivity contribution in [3.63, 3.8) is 0 Å². The molecule has 0 fully saturated rings. The van der Waals surface area contributed by atoms with Gasteiger partial charge in [-0.3, -0.25) is 4.79 Å². The summed E-state index contributed by atoms with van der Waals surface area (Å²) < 4.78 is 0. The van der Waals surface area contributed by atoms with E-state index in [1.165, 1.54) is 0 Å².